The van der Waals surface area contributed by atoms with Gasteiger partial charge in [-0.25, -0.2) is 4.39 Å². The van der Waals surface area contributed by atoms with E-state index in [-0.39, 0.29) is 16.8 Å². The van der Waals surface area contributed by atoms with Crippen molar-refractivity contribution in [1.82, 2.24) is 0 Å². The first kappa shape index (κ1) is 17.8. The Balaban J connectivity index is 2.28. The topological polar surface area (TPSA) is 9.23 Å². The lowest BCUT2D eigenvalue weighted by molar-refractivity contribution is 0.335. The van der Waals surface area contributed by atoms with E-state index in [1.165, 1.54) is 17.2 Å². The zero-order valence-corrected chi connectivity index (χ0v) is 15.0. The van der Waals surface area contributed by atoms with Crippen LogP contribution < -0.4 is 4.74 Å². The summed E-state index contributed by atoms with van der Waals surface area (Å²) in [7, 11) is 0. The maximum atomic E-state index is 13.3. The number of benzene rings is 2. The second-order valence-electron chi connectivity index (χ2n) is 6.23. The van der Waals surface area contributed by atoms with Crippen LogP contribution >= 0.6 is 11.6 Å². The van der Waals surface area contributed by atoms with Gasteiger partial charge in [-0.3, -0.25) is 0 Å². The van der Waals surface area contributed by atoms with Crippen molar-refractivity contribution >= 4 is 11.6 Å². The van der Waals surface area contributed by atoms with E-state index in [9.17, 15) is 4.39 Å². The molecule has 0 unspecified atom stereocenters. The van der Waals surface area contributed by atoms with Gasteiger partial charge >= 0.3 is 0 Å². The zero-order chi connectivity index (χ0) is 17.0. The van der Waals surface area contributed by atoms with Crippen LogP contribution in [0.4, 0.5) is 4.39 Å². The predicted molar refractivity (Wildman–Crippen MR) is 95.2 cm³/mol. The molecule has 0 N–H and O–H groups in total. The van der Waals surface area contributed by atoms with E-state index in [0.29, 0.717) is 12.5 Å². The molecule has 0 spiro atoms. The minimum Gasteiger partial charge on any atom is -0.494 e. The number of ether oxygens (including phenoxy) is 1. The lowest BCUT2D eigenvalue weighted by Crippen LogP contribution is -2.04. The molecule has 1 atom stereocenters. The Hall–Kier alpha value is -1.54. The lowest BCUT2D eigenvalue weighted by Gasteiger charge is -2.18. The molecule has 0 radical (unpaired) electrons. The summed E-state index contributed by atoms with van der Waals surface area (Å²) in [5.74, 6) is 1.26. The van der Waals surface area contributed by atoms with Crippen molar-refractivity contribution in [3.63, 3.8) is 0 Å². The molecule has 2 aromatic rings. The van der Waals surface area contributed by atoms with Crippen molar-refractivity contribution < 1.29 is 9.13 Å². The molecule has 0 aliphatic heterocycles. The molecule has 2 aromatic carbocycles. The highest BCUT2D eigenvalue weighted by Crippen LogP contribution is 2.31. The Morgan fingerprint density at radius 3 is 2.35 bits per heavy atom. The molecule has 0 aliphatic rings. The largest absolute Gasteiger partial charge is 0.494 e. The van der Waals surface area contributed by atoms with Gasteiger partial charge in [-0.15, -0.1) is 0 Å². The summed E-state index contributed by atoms with van der Waals surface area (Å²) in [6.07, 6.45) is 0.831. The molecule has 1 nitrogen and oxygen atoms in total. The van der Waals surface area contributed by atoms with Crippen molar-refractivity contribution in [2.75, 3.05) is 6.61 Å². The Morgan fingerprint density at radius 2 is 1.74 bits per heavy atom. The molecule has 0 saturated carbocycles. The second-order valence-corrected chi connectivity index (χ2v) is 6.64. The molecule has 0 bridgehead atoms. The summed E-state index contributed by atoms with van der Waals surface area (Å²) in [5, 5.41) is 0.176. The highest BCUT2D eigenvalue weighted by Gasteiger charge is 2.14. The molecule has 0 amide bonds. The zero-order valence-electron chi connectivity index (χ0n) is 14.2. The van der Waals surface area contributed by atoms with Gasteiger partial charge in [0, 0.05) is 0 Å². The fraction of sp³-hybridized carbons (Fsp3) is 0.400. The van der Waals surface area contributed by atoms with E-state index >= 15 is 0 Å². The number of hydrogen-bond acceptors (Lipinski definition) is 1. The summed E-state index contributed by atoms with van der Waals surface area (Å²) >= 11 is 5.91. The highest BCUT2D eigenvalue weighted by atomic mass is 35.5. The molecular formula is C20H24ClFO. The van der Waals surface area contributed by atoms with Crippen molar-refractivity contribution in [1.29, 1.82) is 0 Å². The normalized spacial score (nSPS) is 12.5. The van der Waals surface area contributed by atoms with Crippen LogP contribution in [0.2, 0.25) is 5.02 Å². The Kier molecular flexibility index (Phi) is 6.06. The lowest BCUT2D eigenvalue weighted by atomic mass is 9.91. The molecule has 0 fully saturated rings. The summed E-state index contributed by atoms with van der Waals surface area (Å²) in [6, 6.07) is 11.4. The smallest absolute Gasteiger partial charge is 0.141 e. The third kappa shape index (κ3) is 4.48. The Morgan fingerprint density at radius 1 is 1.04 bits per heavy atom. The minimum atomic E-state index is -0.376. The molecule has 2 rings (SSSR count). The summed E-state index contributed by atoms with van der Waals surface area (Å²) in [6.45, 7) is 9.13. The van der Waals surface area contributed by atoms with E-state index in [2.05, 4.69) is 39.0 Å². The first-order valence-corrected chi connectivity index (χ1v) is 8.50. The standard InChI is InChI=1S/C20H24ClFO/c1-5-23-20-9-7-15(13(2)3)11-17(20)10-14(4)16-6-8-19(22)18(21)12-16/h6-9,11-14H,5,10H2,1-4H3/t14-/m0/s1. The average molecular weight is 335 g/mol. The van der Waals surface area contributed by atoms with Gasteiger partial charge in [0.15, 0.2) is 0 Å². The van der Waals surface area contributed by atoms with E-state index in [0.717, 1.165) is 17.7 Å². The van der Waals surface area contributed by atoms with E-state index in [1.54, 1.807) is 12.1 Å². The van der Waals surface area contributed by atoms with Crippen LogP contribution in [0.3, 0.4) is 0 Å². The van der Waals surface area contributed by atoms with E-state index in [1.807, 2.05) is 6.92 Å². The minimum absolute atomic E-state index is 0.176. The third-order valence-electron chi connectivity index (χ3n) is 4.09. The second kappa shape index (κ2) is 7.83. The highest BCUT2D eigenvalue weighted by molar-refractivity contribution is 6.30. The quantitative estimate of drug-likeness (QED) is 0.598. The molecule has 0 aromatic heterocycles. The van der Waals surface area contributed by atoms with Gasteiger partial charge in [-0.1, -0.05) is 50.6 Å². The number of halogens is 2. The monoisotopic (exact) mass is 334 g/mol. The van der Waals surface area contributed by atoms with Crippen LogP contribution in [0.25, 0.3) is 0 Å². The average Bonchev–Trinajstić information content (AvgIpc) is 2.51. The first-order valence-electron chi connectivity index (χ1n) is 8.13. The maximum Gasteiger partial charge on any atom is 0.141 e. The van der Waals surface area contributed by atoms with Gasteiger partial charge in [0.25, 0.3) is 0 Å². The molecular weight excluding hydrogens is 311 g/mol. The SMILES string of the molecule is CCOc1ccc(C(C)C)cc1C[C@H](C)c1ccc(F)c(Cl)c1. The molecule has 0 aliphatic carbocycles. The fourth-order valence-corrected chi connectivity index (χ4v) is 2.87. The predicted octanol–water partition coefficient (Wildman–Crippen LogP) is 6.35. The van der Waals surface area contributed by atoms with Crippen LogP contribution in [-0.2, 0) is 6.42 Å². The van der Waals surface area contributed by atoms with Gasteiger partial charge in [-0.05, 0) is 60.1 Å². The van der Waals surface area contributed by atoms with Crippen LogP contribution in [0.5, 0.6) is 5.75 Å². The van der Waals surface area contributed by atoms with Crippen molar-refractivity contribution in [3.8, 4) is 5.75 Å². The van der Waals surface area contributed by atoms with Gasteiger partial charge in [-0.2, -0.15) is 0 Å². The van der Waals surface area contributed by atoms with Gasteiger partial charge in [0.2, 0.25) is 0 Å². The molecule has 0 heterocycles. The Labute approximate surface area is 143 Å². The van der Waals surface area contributed by atoms with Crippen LogP contribution in [0.1, 0.15) is 56.2 Å². The van der Waals surface area contributed by atoms with Gasteiger partial charge in [0.1, 0.15) is 11.6 Å². The fourth-order valence-electron chi connectivity index (χ4n) is 2.68. The molecule has 3 heteroatoms. The van der Waals surface area contributed by atoms with Crippen LogP contribution in [0.15, 0.2) is 36.4 Å². The number of rotatable bonds is 6. The van der Waals surface area contributed by atoms with Crippen LogP contribution in [0, 0.1) is 5.82 Å². The van der Waals surface area contributed by atoms with Crippen molar-refractivity contribution in [3.05, 3.63) is 63.9 Å². The van der Waals surface area contributed by atoms with E-state index in [4.69, 9.17) is 16.3 Å². The molecule has 124 valence electrons. The number of hydrogen-bond donors (Lipinski definition) is 0. The van der Waals surface area contributed by atoms with Crippen LogP contribution in [-0.4, -0.2) is 6.61 Å². The molecule has 23 heavy (non-hydrogen) atoms. The summed E-state index contributed by atoms with van der Waals surface area (Å²) < 4.78 is 19.1. The van der Waals surface area contributed by atoms with E-state index < -0.39 is 0 Å². The Bertz CT molecular complexity index is 667. The summed E-state index contributed by atoms with van der Waals surface area (Å²) in [4.78, 5) is 0. The first-order chi connectivity index (χ1) is 10.9. The van der Waals surface area contributed by atoms with Gasteiger partial charge in [0.05, 0.1) is 11.6 Å². The van der Waals surface area contributed by atoms with Gasteiger partial charge < -0.3 is 4.74 Å². The molecule has 0 saturated heterocycles. The maximum absolute atomic E-state index is 13.3. The summed E-state index contributed by atoms with van der Waals surface area (Å²) in [5.41, 5.74) is 3.52. The van der Waals surface area contributed by atoms with Crippen molar-refractivity contribution in [2.24, 2.45) is 0 Å². The van der Waals surface area contributed by atoms with Crippen molar-refractivity contribution in [2.45, 2.75) is 46.0 Å². The third-order valence-corrected chi connectivity index (χ3v) is 4.38.